The van der Waals surface area contributed by atoms with Crippen LogP contribution in [0.5, 0.6) is 0 Å². The molecule has 0 amide bonds. The molecule has 1 aromatic heterocycles. The molecule has 1 aromatic carbocycles. The quantitative estimate of drug-likeness (QED) is 0.576. The van der Waals surface area contributed by atoms with Crippen molar-refractivity contribution in [2.24, 2.45) is 11.1 Å². The Labute approximate surface area is 120 Å². The minimum atomic E-state index is 0.158. The van der Waals surface area contributed by atoms with Crippen molar-refractivity contribution >= 4 is 27.1 Å². The number of hydrogen-bond acceptors (Lipinski definition) is 4. The number of fused-ring (bicyclic) bond motifs is 4. The van der Waals surface area contributed by atoms with Crippen molar-refractivity contribution in [1.29, 1.82) is 0 Å². The topological polar surface area (TPSA) is 44.6 Å². The largest absolute Gasteiger partial charge is 0.411 e. The molecule has 0 radical (unpaired) electrons. The molecule has 1 aliphatic heterocycles. The molecule has 20 heavy (non-hydrogen) atoms. The Bertz CT molecular complexity index is 791. The predicted octanol–water partition coefficient (Wildman–Crippen LogP) is 3.03. The second-order valence-electron chi connectivity index (χ2n) is 5.93. The lowest BCUT2D eigenvalue weighted by atomic mass is 9.89. The van der Waals surface area contributed by atoms with Crippen LogP contribution in [0.25, 0.3) is 10.1 Å². The third-order valence-electron chi connectivity index (χ3n) is 5.12. The van der Waals surface area contributed by atoms with E-state index in [1.165, 1.54) is 20.5 Å². The zero-order valence-electron chi connectivity index (χ0n) is 10.8. The van der Waals surface area contributed by atoms with Gasteiger partial charge in [0.05, 0.1) is 5.71 Å². The Balaban J connectivity index is 1.75. The maximum absolute atomic E-state index is 8.99. The lowest BCUT2D eigenvalue weighted by molar-refractivity contribution is 0.317. The monoisotopic (exact) mass is 282 g/mol. The van der Waals surface area contributed by atoms with Crippen LogP contribution in [0.3, 0.4) is 0 Å². The van der Waals surface area contributed by atoms with Crippen molar-refractivity contribution in [1.82, 2.24) is 5.32 Å². The maximum atomic E-state index is 8.99. The third-order valence-corrected chi connectivity index (χ3v) is 6.50. The summed E-state index contributed by atoms with van der Waals surface area (Å²) in [4.78, 5) is 1.53. The molecule has 5 rings (SSSR count). The summed E-state index contributed by atoms with van der Waals surface area (Å²) in [5, 5.41) is 17.5. The minimum Gasteiger partial charge on any atom is -0.411 e. The van der Waals surface area contributed by atoms with Crippen LogP contribution < -0.4 is 5.32 Å². The summed E-state index contributed by atoms with van der Waals surface area (Å²) in [5.41, 5.74) is 2.43. The van der Waals surface area contributed by atoms with E-state index in [1.807, 2.05) is 17.4 Å². The van der Waals surface area contributed by atoms with Crippen LogP contribution in [0, 0.1) is 5.92 Å². The Morgan fingerprint density at radius 1 is 1.35 bits per heavy atom. The fourth-order valence-corrected chi connectivity index (χ4v) is 5.63. The molecule has 1 fully saturated rings. The summed E-state index contributed by atoms with van der Waals surface area (Å²) in [7, 11) is 0. The van der Waals surface area contributed by atoms with Gasteiger partial charge in [0.15, 0.2) is 0 Å². The van der Waals surface area contributed by atoms with Gasteiger partial charge in [0.1, 0.15) is 0 Å². The van der Waals surface area contributed by atoms with Gasteiger partial charge in [-0.25, -0.2) is 0 Å². The molecule has 1 spiro atoms. The van der Waals surface area contributed by atoms with E-state index in [4.69, 9.17) is 5.21 Å². The first-order valence-electron chi connectivity index (χ1n) is 6.99. The number of hydrogen-bond donors (Lipinski definition) is 2. The van der Waals surface area contributed by atoms with Crippen molar-refractivity contribution in [3.05, 3.63) is 46.9 Å². The van der Waals surface area contributed by atoms with Gasteiger partial charge in [0.2, 0.25) is 0 Å². The molecule has 3 aliphatic rings. The van der Waals surface area contributed by atoms with E-state index in [0.717, 1.165) is 18.7 Å². The molecule has 100 valence electrons. The Kier molecular flexibility index (Phi) is 1.94. The normalized spacial score (nSPS) is 35.7. The van der Waals surface area contributed by atoms with E-state index in [-0.39, 0.29) is 5.41 Å². The average molecular weight is 282 g/mol. The summed E-state index contributed by atoms with van der Waals surface area (Å²) in [6, 6.07) is 9.20. The number of rotatable bonds is 0. The Morgan fingerprint density at radius 2 is 2.25 bits per heavy atom. The van der Waals surface area contributed by atoms with Crippen LogP contribution in [0.2, 0.25) is 0 Å². The molecular formula is C16H14N2OS. The summed E-state index contributed by atoms with van der Waals surface area (Å²) >= 11 is 1.94. The van der Waals surface area contributed by atoms with Crippen molar-refractivity contribution in [3.8, 4) is 0 Å². The Morgan fingerprint density at radius 3 is 3.15 bits per heavy atom. The van der Waals surface area contributed by atoms with Gasteiger partial charge in [0, 0.05) is 27.6 Å². The van der Waals surface area contributed by atoms with E-state index in [9.17, 15) is 0 Å². The number of oxime groups is 1. The van der Waals surface area contributed by atoms with Crippen LogP contribution >= 0.6 is 11.3 Å². The van der Waals surface area contributed by atoms with Gasteiger partial charge in [-0.2, -0.15) is 0 Å². The smallest absolute Gasteiger partial charge is 0.0796 e. The summed E-state index contributed by atoms with van der Waals surface area (Å²) < 4.78 is 1.38. The van der Waals surface area contributed by atoms with E-state index in [0.29, 0.717) is 12.0 Å². The van der Waals surface area contributed by atoms with Gasteiger partial charge >= 0.3 is 0 Å². The molecule has 1 saturated carbocycles. The van der Waals surface area contributed by atoms with Crippen LogP contribution in [0.4, 0.5) is 0 Å². The third kappa shape index (κ3) is 1.13. The number of nitrogens with zero attached hydrogens (tertiary/aromatic N) is 1. The van der Waals surface area contributed by atoms with Crippen molar-refractivity contribution in [2.75, 3.05) is 0 Å². The molecule has 0 saturated heterocycles. The molecule has 0 bridgehead atoms. The number of allylic oxidation sites excluding steroid dienone is 1. The van der Waals surface area contributed by atoms with Crippen molar-refractivity contribution in [2.45, 2.75) is 24.4 Å². The second kappa shape index (κ2) is 3.51. The second-order valence-corrected chi connectivity index (χ2v) is 6.98. The first-order valence-corrected chi connectivity index (χ1v) is 7.80. The van der Waals surface area contributed by atoms with E-state index in [2.05, 4.69) is 40.8 Å². The number of nitrogens with one attached hydrogen (secondary N) is 1. The molecule has 2 N–H and O–H groups in total. The summed E-state index contributed by atoms with van der Waals surface area (Å²) in [5.74, 6) is 0.549. The molecular weight excluding hydrogens is 268 g/mol. The number of benzene rings is 1. The molecule has 3 nitrogen and oxygen atoms in total. The number of thiophene rings is 1. The lowest BCUT2D eigenvalue weighted by Gasteiger charge is -2.22. The van der Waals surface area contributed by atoms with Gasteiger partial charge in [-0.1, -0.05) is 29.4 Å². The highest BCUT2D eigenvalue weighted by Crippen LogP contribution is 2.64. The first kappa shape index (κ1) is 11.1. The van der Waals surface area contributed by atoms with E-state index in [1.54, 1.807) is 0 Å². The zero-order chi connectivity index (χ0) is 13.3. The standard InChI is InChI=1S/C16H14N2OS/c19-18-9-5-6-16-12(7-9)14(16)17-8-11-10-3-1-2-4-13(10)20-15(11)16/h1-6,12,14,17,19H,7-8H2/b18-9+/t12-,14?,16+/m1/s1. The van der Waals surface area contributed by atoms with Gasteiger partial charge in [-0.05, 0) is 35.4 Å². The highest BCUT2D eigenvalue weighted by molar-refractivity contribution is 7.19. The minimum absolute atomic E-state index is 0.158. The highest BCUT2D eigenvalue weighted by atomic mass is 32.1. The zero-order valence-corrected chi connectivity index (χ0v) is 11.7. The summed E-state index contributed by atoms with van der Waals surface area (Å²) in [6.45, 7) is 0.960. The molecule has 1 unspecified atom stereocenters. The maximum Gasteiger partial charge on any atom is 0.0796 e. The van der Waals surface area contributed by atoms with Gasteiger partial charge in [-0.3, -0.25) is 0 Å². The molecule has 2 aliphatic carbocycles. The Hall–Kier alpha value is -1.65. The predicted molar refractivity (Wildman–Crippen MR) is 80.6 cm³/mol. The molecule has 2 aromatic rings. The van der Waals surface area contributed by atoms with E-state index >= 15 is 0 Å². The SMILES string of the molecule is O/N=C1\C=C[C@@]23c4sc5ccccc5c4CNC2[C@H]3C1. The highest BCUT2D eigenvalue weighted by Gasteiger charge is 2.67. The van der Waals surface area contributed by atoms with Gasteiger partial charge in [-0.15, -0.1) is 11.3 Å². The fourth-order valence-electron chi connectivity index (χ4n) is 4.13. The van der Waals surface area contributed by atoms with Crippen LogP contribution in [0.15, 0.2) is 41.6 Å². The molecule has 3 atom stereocenters. The van der Waals surface area contributed by atoms with Crippen molar-refractivity contribution < 1.29 is 5.21 Å². The average Bonchev–Trinajstić information content (AvgIpc) is 3.01. The first-order chi connectivity index (χ1) is 9.84. The fraction of sp³-hybridized carbons (Fsp3) is 0.312. The van der Waals surface area contributed by atoms with Crippen LogP contribution in [-0.4, -0.2) is 17.0 Å². The molecule has 4 heteroatoms. The van der Waals surface area contributed by atoms with Gasteiger partial charge in [0.25, 0.3) is 0 Å². The van der Waals surface area contributed by atoms with Crippen LogP contribution in [-0.2, 0) is 12.0 Å². The molecule has 2 heterocycles. The lowest BCUT2D eigenvalue weighted by Crippen LogP contribution is -2.29. The van der Waals surface area contributed by atoms with Crippen molar-refractivity contribution in [3.63, 3.8) is 0 Å². The van der Waals surface area contributed by atoms with Gasteiger partial charge < -0.3 is 10.5 Å². The van der Waals surface area contributed by atoms with E-state index < -0.39 is 0 Å². The van der Waals surface area contributed by atoms with Crippen LogP contribution in [0.1, 0.15) is 16.9 Å². The summed E-state index contributed by atoms with van der Waals surface area (Å²) in [6.07, 6.45) is 5.14.